The second kappa shape index (κ2) is 7.26. The van der Waals surface area contributed by atoms with E-state index < -0.39 is 0 Å². The number of ether oxygens (including phenoxy) is 2. The summed E-state index contributed by atoms with van der Waals surface area (Å²) in [6.45, 7) is 6.37. The lowest BCUT2D eigenvalue weighted by Crippen LogP contribution is -2.26. The van der Waals surface area contributed by atoms with E-state index in [1.54, 1.807) is 19.2 Å². The number of nitrogen functional groups attached to an aromatic ring is 1. The van der Waals surface area contributed by atoms with Crippen molar-refractivity contribution in [3.05, 3.63) is 23.8 Å². The molecule has 1 aromatic rings. The zero-order valence-electron chi connectivity index (χ0n) is 12.7. The lowest BCUT2D eigenvalue weighted by molar-refractivity contribution is -0.121. The Morgan fingerprint density at radius 1 is 1.40 bits per heavy atom. The Balaban J connectivity index is 2.36. The zero-order valence-corrected chi connectivity index (χ0v) is 12.7. The molecule has 0 aliphatic carbocycles. The molecule has 112 valence electrons. The van der Waals surface area contributed by atoms with Crippen LogP contribution in [0.2, 0.25) is 0 Å². The molecule has 0 atom stereocenters. The summed E-state index contributed by atoms with van der Waals surface area (Å²) in [5, 5.41) is 2.79. The van der Waals surface area contributed by atoms with Gasteiger partial charge in [0.05, 0.1) is 5.60 Å². The molecule has 0 radical (unpaired) electrons. The van der Waals surface area contributed by atoms with Crippen molar-refractivity contribution in [3.8, 4) is 0 Å². The Bertz CT molecular complexity index is 458. The predicted molar refractivity (Wildman–Crippen MR) is 80.7 cm³/mol. The first-order valence-electron chi connectivity index (χ1n) is 6.63. The smallest absolute Gasteiger partial charge is 0.250 e. The molecule has 0 fully saturated rings. The zero-order chi connectivity index (χ0) is 15.2. The van der Waals surface area contributed by atoms with Crippen LogP contribution in [0.25, 0.3) is 0 Å². The molecule has 5 nitrogen and oxygen atoms in total. The minimum absolute atomic E-state index is 0.0219. The number of rotatable bonds is 7. The number of aryl methyl sites for hydroxylation is 1. The number of amides is 1. The van der Waals surface area contributed by atoms with Crippen LogP contribution in [0.3, 0.4) is 0 Å². The second-order valence-corrected chi connectivity index (χ2v) is 5.39. The molecule has 20 heavy (non-hydrogen) atoms. The molecule has 0 aromatic heterocycles. The Morgan fingerprint density at radius 2 is 2.10 bits per heavy atom. The van der Waals surface area contributed by atoms with E-state index in [-0.39, 0.29) is 18.1 Å². The second-order valence-electron chi connectivity index (χ2n) is 5.39. The molecule has 0 heterocycles. The summed E-state index contributed by atoms with van der Waals surface area (Å²) in [6, 6.07) is 5.41. The number of anilines is 2. The molecule has 1 rings (SSSR count). The third-order valence-electron chi connectivity index (χ3n) is 3.17. The van der Waals surface area contributed by atoms with E-state index in [0.717, 1.165) is 17.7 Å². The molecular formula is C15H24N2O3. The van der Waals surface area contributed by atoms with Gasteiger partial charge in [-0.15, -0.1) is 0 Å². The van der Waals surface area contributed by atoms with E-state index in [0.29, 0.717) is 12.3 Å². The number of hydrogen-bond donors (Lipinski definition) is 2. The van der Waals surface area contributed by atoms with Crippen molar-refractivity contribution >= 4 is 17.3 Å². The van der Waals surface area contributed by atoms with Crippen LogP contribution in [0.15, 0.2) is 18.2 Å². The van der Waals surface area contributed by atoms with E-state index in [1.807, 2.05) is 26.8 Å². The lowest BCUT2D eigenvalue weighted by Gasteiger charge is -2.22. The van der Waals surface area contributed by atoms with E-state index in [4.69, 9.17) is 15.2 Å². The monoisotopic (exact) mass is 280 g/mol. The average Bonchev–Trinajstić information content (AvgIpc) is 2.39. The quantitative estimate of drug-likeness (QED) is 0.594. The molecular weight excluding hydrogens is 256 g/mol. The maximum atomic E-state index is 11.8. The maximum absolute atomic E-state index is 11.8. The fraction of sp³-hybridized carbons (Fsp3) is 0.533. The van der Waals surface area contributed by atoms with Crippen molar-refractivity contribution in [3.63, 3.8) is 0 Å². The maximum Gasteiger partial charge on any atom is 0.250 e. The molecule has 1 aromatic carbocycles. The van der Waals surface area contributed by atoms with Gasteiger partial charge in [-0.2, -0.15) is 0 Å². The van der Waals surface area contributed by atoms with Gasteiger partial charge in [-0.25, -0.2) is 0 Å². The van der Waals surface area contributed by atoms with Crippen molar-refractivity contribution in [2.45, 2.75) is 32.8 Å². The van der Waals surface area contributed by atoms with E-state index in [2.05, 4.69) is 5.32 Å². The van der Waals surface area contributed by atoms with Gasteiger partial charge in [-0.05, 0) is 44.9 Å². The molecule has 0 saturated carbocycles. The summed E-state index contributed by atoms with van der Waals surface area (Å²) < 4.78 is 10.6. The van der Waals surface area contributed by atoms with Crippen molar-refractivity contribution in [2.75, 3.05) is 31.4 Å². The number of hydrogen-bond acceptors (Lipinski definition) is 4. The lowest BCUT2D eigenvalue weighted by atomic mass is 10.1. The Labute approximate surface area is 120 Å². The van der Waals surface area contributed by atoms with Gasteiger partial charge in [0.15, 0.2) is 0 Å². The number of nitrogens with one attached hydrogen (secondary N) is 1. The van der Waals surface area contributed by atoms with Gasteiger partial charge >= 0.3 is 0 Å². The summed E-state index contributed by atoms with van der Waals surface area (Å²) in [7, 11) is 1.66. The largest absolute Gasteiger partial charge is 0.399 e. The SMILES string of the molecule is COC(C)(C)CCOCC(=O)Nc1cc(N)ccc1C. The van der Waals surface area contributed by atoms with Crippen LogP contribution in [-0.4, -0.2) is 31.8 Å². The normalized spacial score (nSPS) is 11.4. The molecule has 5 heteroatoms. The topological polar surface area (TPSA) is 73.6 Å². The van der Waals surface area contributed by atoms with Crippen LogP contribution in [0.1, 0.15) is 25.8 Å². The summed E-state index contributed by atoms with van der Waals surface area (Å²) in [5.41, 5.74) is 7.76. The van der Waals surface area contributed by atoms with Crippen LogP contribution >= 0.6 is 0 Å². The standard InChI is InChI=1S/C15H24N2O3/c1-11-5-6-12(16)9-13(11)17-14(18)10-20-8-7-15(2,3)19-4/h5-6,9H,7-8,10,16H2,1-4H3,(H,17,18). The minimum Gasteiger partial charge on any atom is -0.399 e. The number of nitrogens with two attached hydrogens (primary N) is 1. The van der Waals surface area contributed by atoms with Crippen LogP contribution in [0, 0.1) is 6.92 Å². The molecule has 0 aliphatic rings. The van der Waals surface area contributed by atoms with Gasteiger partial charge in [0, 0.05) is 25.1 Å². The highest BCUT2D eigenvalue weighted by molar-refractivity contribution is 5.92. The Kier molecular flexibility index (Phi) is 5.98. The third-order valence-corrected chi connectivity index (χ3v) is 3.17. The number of methoxy groups -OCH3 is 1. The first-order chi connectivity index (χ1) is 9.34. The van der Waals surface area contributed by atoms with Gasteiger partial charge < -0.3 is 20.5 Å². The first kappa shape index (κ1) is 16.5. The van der Waals surface area contributed by atoms with Gasteiger partial charge in [0.2, 0.25) is 5.91 Å². The average molecular weight is 280 g/mol. The summed E-state index contributed by atoms with van der Waals surface area (Å²) >= 11 is 0. The van der Waals surface area contributed by atoms with Crippen molar-refractivity contribution in [2.24, 2.45) is 0 Å². The third kappa shape index (κ3) is 5.59. The molecule has 0 bridgehead atoms. The molecule has 1 amide bonds. The van der Waals surface area contributed by atoms with Crippen molar-refractivity contribution < 1.29 is 14.3 Å². The summed E-state index contributed by atoms with van der Waals surface area (Å²) in [4.78, 5) is 11.8. The Morgan fingerprint density at radius 3 is 2.75 bits per heavy atom. The predicted octanol–water partition coefficient (Wildman–Crippen LogP) is 2.35. The van der Waals surface area contributed by atoms with Gasteiger partial charge in [-0.1, -0.05) is 6.07 Å². The van der Waals surface area contributed by atoms with Crippen molar-refractivity contribution in [1.82, 2.24) is 0 Å². The highest BCUT2D eigenvalue weighted by atomic mass is 16.5. The molecule has 0 saturated heterocycles. The van der Waals surface area contributed by atoms with Crippen LogP contribution in [-0.2, 0) is 14.3 Å². The van der Waals surface area contributed by atoms with Crippen LogP contribution < -0.4 is 11.1 Å². The van der Waals surface area contributed by atoms with Gasteiger partial charge in [0.1, 0.15) is 6.61 Å². The summed E-state index contributed by atoms with van der Waals surface area (Å²) in [6.07, 6.45) is 0.730. The molecule has 0 unspecified atom stereocenters. The van der Waals surface area contributed by atoms with Crippen LogP contribution in [0.4, 0.5) is 11.4 Å². The Hall–Kier alpha value is -1.59. The minimum atomic E-state index is -0.235. The highest BCUT2D eigenvalue weighted by Gasteiger charge is 2.16. The highest BCUT2D eigenvalue weighted by Crippen LogP contribution is 2.18. The molecule has 0 spiro atoms. The molecule has 3 N–H and O–H groups in total. The summed E-state index contributed by atoms with van der Waals surface area (Å²) in [5.74, 6) is -0.186. The fourth-order valence-electron chi connectivity index (χ4n) is 1.55. The number of carbonyl (C=O) groups excluding carboxylic acids is 1. The van der Waals surface area contributed by atoms with Gasteiger partial charge in [-0.3, -0.25) is 4.79 Å². The van der Waals surface area contributed by atoms with Crippen molar-refractivity contribution in [1.29, 1.82) is 0 Å². The first-order valence-corrected chi connectivity index (χ1v) is 6.63. The molecule has 0 aliphatic heterocycles. The fourth-order valence-corrected chi connectivity index (χ4v) is 1.55. The van der Waals surface area contributed by atoms with E-state index in [1.165, 1.54) is 0 Å². The van der Waals surface area contributed by atoms with E-state index in [9.17, 15) is 4.79 Å². The van der Waals surface area contributed by atoms with E-state index >= 15 is 0 Å². The number of benzene rings is 1. The van der Waals surface area contributed by atoms with Crippen LogP contribution in [0.5, 0.6) is 0 Å². The number of carbonyl (C=O) groups is 1. The van der Waals surface area contributed by atoms with Gasteiger partial charge in [0.25, 0.3) is 0 Å².